The summed E-state index contributed by atoms with van der Waals surface area (Å²) in [6.45, 7) is 2.54. The van der Waals surface area contributed by atoms with E-state index in [-0.39, 0.29) is 36.3 Å². The highest BCUT2D eigenvalue weighted by molar-refractivity contribution is 5.91. The van der Waals surface area contributed by atoms with Crippen LogP contribution in [0.3, 0.4) is 0 Å². The summed E-state index contributed by atoms with van der Waals surface area (Å²) in [6, 6.07) is 4.55. The van der Waals surface area contributed by atoms with Crippen molar-refractivity contribution < 1.29 is 19.8 Å². The number of carbonyl (C=O) groups is 2. The minimum atomic E-state index is -1.11. The fourth-order valence-corrected chi connectivity index (χ4v) is 5.45. The molecule has 1 aliphatic heterocycles. The number of phenolic OH excluding ortho intramolecular Hbond substituents is 1. The van der Waals surface area contributed by atoms with Crippen LogP contribution in [0.2, 0.25) is 0 Å². The first-order chi connectivity index (χ1) is 12.3. The standard InChI is InChI=1S/C20H26N2O4/c1-3-18(25)21-15-10-20(26)17-8-12-4-5-13(23)9-14(12)19(20,11-16(15)24)6-7-22(17)2/h4-5,9,15,17,23,26H,3,6-8,10-11H2,1-2H3,(H,21,25)/t15-,17+,19?,20+/m0/s1. The van der Waals surface area contributed by atoms with E-state index in [0.717, 1.165) is 17.7 Å². The van der Waals surface area contributed by atoms with Gasteiger partial charge >= 0.3 is 0 Å². The number of aromatic hydroxyl groups is 1. The number of carbonyl (C=O) groups excluding carboxylic acids is 2. The zero-order valence-electron chi connectivity index (χ0n) is 15.3. The maximum atomic E-state index is 12.9. The topological polar surface area (TPSA) is 89.9 Å². The Hall–Kier alpha value is -1.92. The van der Waals surface area contributed by atoms with Crippen LogP contribution < -0.4 is 5.32 Å². The van der Waals surface area contributed by atoms with Gasteiger partial charge in [0, 0.05) is 30.7 Å². The second-order valence-electron chi connectivity index (χ2n) is 8.12. The monoisotopic (exact) mass is 358 g/mol. The van der Waals surface area contributed by atoms with Crippen molar-refractivity contribution in [2.75, 3.05) is 13.6 Å². The number of aliphatic hydroxyl groups is 1. The van der Waals surface area contributed by atoms with E-state index in [2.05, 4.69) is 10.2 Å². The van der Waals surface area contributed by atoms with Gasteiger partial charge in [-0.1, -0.05) is 13.0 Å². The van der Waals surface area contributed by atoms with Crippen molar-refractivity contribution in [2.24, 2.45) is 0 Å². The average Bonchev–Trinajstić information content (AvgIpc) is 2.60. The van der Waals surface area contributed by atoms with Crippen LogP contribution in [-0.2, 0) is 21.4 Å². The number of hydrogen-bond donors (Lipinski definition) is 3. The molecule has 1 aromatic carbocycles. The molecule has 0 radical (unpaired) electrons. The lowest BCUT2D eigenvalue weighted by Gasteiger charge is -2.63. The van der Waals surface area contributed by atoms with E-state index >= 15 is 0 Å². The summed E-state index contributed by atoms with van der Waals surface area (Å²) in [5.41, 5.74) is 0.187. The zero-order chi connectivity index (χ0) is 18.7. The molecule has 3 aliphatic rings. The summed E-state index contributed by atoms with van der Waals surface area (Å²) in [6.07, 6.45) is 2.06. The van der Waals surface area contributed by atoms with Crippen molar-refractivity contribution in [3.8, 4) is 5.75 Å². The summed E-state index contributed by atoms with van der Waals surface area (Å²) in [5.74, 6) is -0.0436. The molecule has 26 heavy (non-hydrogen) atoms. The van der Waals surface area contributed by atoms with Crippen LogP contribution in [0.5, 0.6) is 5.75 Å². The van der Waals surface area contributed by atoms with Gasteiger partial charge in [0.15, 0.2) is 5.78 Å². The van der Waals surface area contributed by atoms with Gasteiger partial charge in [0.25, 0.3) is 0 Å². The quantitative estimate of drug-likeness (QED) is 0.730. The van der Waals surface area contributed by atoms with Crippen molar-refractivity contribution in [3.63, 3.8) is 0 Å². The number of Topliss-reactive ketones (excluding diaryl/α,β-unsaturated/α-hetero) is 1. The number of nitrogens with zero attached hydrogens (tertiary/aromatic N) is 1. The molecule has 0 spiro atoms. The molecule has 1 unspecified atom stereocenters. The van der Waals surface area contributed by atoms with E-state index in [9.17, 15) is 19.8 Å². The SMILES string of the molecule is CCC(=O)N[C@H]1C[C@@]2(O)[C@H]3Cc4ccc(O)cc4C2(CCN3C)CC1=O. The molecule has 4 atom stereocenters. The molecule has 1 saturated heterocycles. The van der Waals surface area contributed by atoms with Gasteiger partial charge in [0.1, 0.15) is 5.75 Å². The summed E-state index contributed by atoms with van der Waals surface area (Å²) in [5, 5.41) is 24.8. The second-order valence-corrected chi connectivity index (χ2v) is 8.12. The van der Waals surface area contributed by atoms with E-state index in [1.54, 1.807) is 19.1 Å². The van der Waals surface area contributed by atoms with Crippen LogP contribution in [0, 0.1) is 0 Å². The first kappa shape index (κ1) is 17.5. The zero-order valence-corrected chi connectivity index (χ0v) is 15.3. The Morgan fingerprint density at radius 2 is 2.19 bits per heavy atom. The smallest absolute Gasteiger partial charge is 0.220 e. The number of hydrogen-bond acceptors (Lipinski definition) is 5. The van der Waals surface area contributed by atoms with E-state index < -0.39 is 17.1 Å². The molecule has 3 N–H and O–H groups in total. The number of nitrogens with one attached hydrogen (secondary N) is 1. The lowest BCUT2D eigenvalue weighted by atomic mass is 9.48. The number of likely N-dealkylation sites (tertiary alicyclic amines) is 1. The van der Waals surface area contributed by atoms with Crippen LogP contribution in [0.4, 0.5) is 0 Å². The maximum absolute atomic E-state index is 12.9. The van der Waals surface area contributed by atoms with E-state index in [4.69, 9.17) is 0 Å². The largest absolute Gasteiger partial charge is 0.508 e. The van der Waals surface area contributed by atoms with Gasteiger partial charge < -0.3 is 20.4 Å². The molecule has 2 bridgehead atoms. The Kier molecular flexibility index (Phi) is 3.90. The number of rotatable bonds is 2. The van der Waals surface area contributed by atoms with Gasteiger partial charge in [-0.05, 0) is 49.7 Å². The predicted octanol–water partition coefficient (Wildman–Crippen LogP) is 0.879. The Morgan fingerprint density at radius 1 is 1.42 bits per heavy atom. The summed E-state index contributed by atoms with van der Waals surface area (Å²) in [7, 11) is 2.01. The normalized spacial score (nSPS) is 36.2. The number of fused-ring (bicyclic) bond motifs is 1. The molecule has 1 heterocycles. The summed E-state index contributed by atoms with van der Waals surface area (Å²) in [4.78, 5) is 26.9. The highest BCUT2D eigenvalue weighted by Crippen LogP contribution is 2.57. The van der Waals surface area contributed by atoms with E-state index in [0.29, 0.717) is 19.3 Å². The number of likely N-dealkylation sites (N-methyl/N-ethyl adjacent to an activating group) is 1. The molecule has 1 aromatic rings. The van der Waals surface area contributed by atoms with Gasteiger partial charge in [-0.15, -0.1) is 0 Å². The van der Waals surface area contributed by atoms with E-state index in [1.165, 1.54) is 0 Å². The number of amides is 1. The third-order valence-corrected chi connectivity index (χ3v) is 6.86. The van der Waals surface area contributed by atoms with Crippen molar-refractivity contribution in [1.29, 1.82) is 0 Å². The first-order valence-corrected chi connectivity index (χ1v) is 9.38. The molecule has 6 nitrogen and oxygen atoms in total. The van der Waals surface area contributed by atoms with Crippen LogP contribution >= 0.6 is 0 Å². The molecule has 4 rings (SSSR count). The number of benzene rings is 1. The Balaban J connectivity index is 1.83. The molecular formula is C20H26N2O4. The molecular weight excluding hydrogens is 332 g/mol. The summed E-state index contributed by atoms with van der Waals surface area (Å²) < 4.78 is 0. The minimum Gasteiger partial charge on any atom is -0.508 e. The molecule has 6 heteroatoms. The van der Waals surface area contributed by atoms with Crippen LogP contribution in [0.1, 0.15) is 43.7 Å². The van der Waals surface area contributed by atoms with Crippen molar-refractivity contribution in [1.82, 2.24) is 10.2 Å². The molecule has 2 fully saturated rings. The van der Waals surface area contributed by atoms with Crippen molar-refractivity contribution >= 4 is 11.7 Å². The van der Waals surface area contributed by atoms with Crippen LogP contribution in [-0.4, -0.2) is 58.1 Å². The molecule has 0 aromatic heterocycles. The highest BCUT2D eigenvalue weighted by Gasteiger charge is 2.66. The fraction of sp³-hybridized carbons (Fsp3) is 0.600. The molecule has 1 amide bonds. The Labute approximate surface area is 153 Å². The lowest BCUT2D eigenvalue weighted by molar-refractivity contribution is -0.174. The van der Waals surface area contributed by atoms with Gasteiger partial charge in [-0.25, -0.2) is 0 Å². The third kappa shape index (κ3) is 2.25. The number of piperidine rings is 1. The van der Waals surface area contributed by atoms with Crippen LogP contribution in [0.25, 0.3) is 0 Å². The van der Waals surface area contributed by atoms with Gasteiger partial charge in [0.05, 0.1) is 11.6 Å². The minimum absolute atomic E-state index is 0.0315. The van der Waals surface area contributed by atoms with Gasteiger partial charge in [-0.3, -0.25) is 9.59 Å². The molecule has 140 valence electrons. The van der Waals surface area contributed by atoms with Crippen molar-refractivity contribution in [2.45, 2.75) is 62.1 Å². The molecule has 1 saturated carbocycles. The Bertz CT molecular complexity index is 779. The third-order valence-electron chi connectivity index (χ3n) is 6.86. The fourth-order valence-electron chi connectivity index (χ4n) is 5.45. The number of phenols is 1. The highest BCUT2D eigenvalue weighted by atomic mass is 16.3. The lowest BCUT2D eigenvalue weighted by Crippen LogP contribution is -2.75. The average molecular weight is 358 g/mol. The molecule has 2 aliphatic carbocycles. The second kappa shape index (κ2) is 5.79. The van der Waals surface area contributed by atoms with Gasteiger partial charge in [0.2, 0.25) is 5.91 Å². The first-order valence-electron chi connectivity index (χ1n) is 9.38. The van der Waals surface area contributed by atoms with Crippen molar-refractivity contribution in [3.05, 3.63) is 29.3 Å². The van der Waals surface area contributed by atoms with E-state index in [1.807, 2.05) is 13.1 Å². The van der Waals surface area contributed by atoms with Crippen LogP contribution in [0.15, 0.2) is 18.2 Å². The number of ketones is 1. The predicted molar refractivity (Wildman–Crippen MR) is 95.9 cm³/mol. The van der Waals surface area contributed by atoms with Gasteiger partial charge in [-0.2, -0.15) is 0 Å². The summed E-state index contributed by atoms with van der Waals surface area (Å²) >= 11 is 0. The maximum Gasteiger partial charge on any atom is 0.220 e. The Morgan fingerprint density at radius 3 is 2.92 bits per heavy atom.